The maximum Gasteiger partial charge on any atom is 0.358 e. The Kier molecular flexibility index (Phi) is 19.3. The van der Waals surface area contributed by atoms with Crippen LogP contribution in [-0.2, 0) is 47.6 Å². The van der Waals surface area contributed by atoms with Gasteiger partial charge < -0.3 is 48.3 Å². The molecule has 1 amide bonds. The number of cyclic esters (lactones) is 1. The Morgan fingerprint density at radius 1 is 0.908 bits per heavy atom. The summed E-state index contributed by atoms with van der Waals surface area (Å²) in [5.74, 6) is -7.10. The Balaban J connectivity index is 1.46. The quantitative estimate of drug-likeness (QED) is 0.120. The normalized spacial score (nSPS) is 37.2. The fourth-order valence-electron chi connectivity index (χ4n) is 10.2. The average molecular weight is 928 g/mol. The number of esters is 1. The number of thiocarbonyl (C=S) groups is 1. The second-order valence-corrected chi connectivity index (χ2v) is 19.2. The number of ketones is 2. The Morgan fingerprint density at radius 2 is 1.58 bits per heavy atom. The van der Waals surface area contributed by atoms with Crippen molar-refractivity contribution in [2.24, 2.45) is 29.6 Å². The van der Waals surface area contributed by atoms with Crippen LogP contribution in [0.4, 0.5) is 0 Å². The molecule has 4 aliphatic rings. The van der Waals surface area contributed by atoms with Crippen LogP contribution in [0.15, 0.2) is 53.6 Å². The van der Waals surface area contributed by atoms with E-state index in [0.29, 0.717) is 62.7 Å². The van der Waals surface area contributed by atoms with E-state index in [2.05, 4.69) is 6.92 Å². The Bertz CT molecular complexity index is 1860. The van der Waals surface area contributed by atoms with Gasteiger partial charge in [0, 0.05) is 64.3 Å². The van der Waals surface area contributed by atoms with Crippen molar-refractivity contribution >= 4 is 40.9 Å². The van der Waals surface area contributed by atoms with E-state index in [1.807, 2.05) is 51.1 Å². The highest BCUT2D eigenvalue weighted by molar-refractivity contribution is 7.79. The summed E-state index contributed by atoms with van der Waals surface area (Å²) < 4.78 is 42.1. The summed E-state index contributed by atoms with van der Waals surface area (Å²) in [7, 11) is 4.68. The van der Waals surface area contributed by atoms with E-state index in [9.17, 15) is 29.4 Å². The van der Waals surface area contributed by atoms with E-state index in [0.717, 1.165) is 5.57 Å². The number of aliphatic hydroxyl groups excluding tert-OH is 1. The summed E-state index contributed by atoms with van der Waals surface area (Å²) >= 11 is 5.41. The van der Waals surface area contributed by atoms with Gasteiger partial charge in [-0.15, -0.1) is 0 Å². The fraction of sp³-hybridized carbons (Fsp3) is 0.700. The van der Waals surface area contributed by atoms with Crippen molar-refractivity contribution in [1.29, 1.82) is 0 Å². The highest BCUT2D eigenvalue weighted by atomic mass is 32.1. The molecule has 1 saturated carbocycles. The van der Waals surface area contributed by atoms with Gasteiger partial charge in [-0.1, -0.05) is 63.6 Å². The molecule has 0 aromatic heterocycles. The van der Waals surface area contributed by atoms with Gasteiger partial charge in [0.1, 0.15) is 35.9 Å². The predicted molar refractivity (Wildman–Crippen MR) is 247 cm³/mol. The number of ether oxygens (including phenoxy) is 7. The monoisotopic (exact) mass is 927 g/mol. The molecule has 5 rings (SSSR count). The third kappa shape index (κ3) is 13.1. The van der Waals surface area contributed by atoms with E-state index >= 15 is 0 Å². The molecule has 362 valence electrons. The van der Waals surface area contributed by atoms with Crippen LogP contribution >= 0.6 is 12.2 Å². The molecule has 3 heterocycles. The maximum atomic E-state index is 14.5. The number of carbonyl (C=O) groups excluding carboxylic acids is 4. The van der Waals surface area contributed by atoms with Gasteiger partial charge in [0.25, 0.3) is 11.7 Å². The van der Waals surface area contributed by atoms with Gasteiger partial charge in [0.2, 0.25) is 5.79 Å². The summed E-state index contributed by atoms with van der Waals surface area (Å²) in [6.07, 6.45) is 3.84. The molecule has 3 fully saturated rings. The molecule has 1 aromatic carbocycles. The number of methoxy groups -OCH3 is 3. The second-order valence-electron chi connectivity index (χ2n) is 18.9. The van der Waals surface area contributed by atoms with Crippen molar-refractivity contribution in [3.63, 3.8) is 0 Å². The van der Waals surface area contributed by atoms with Crippen LogP contribution in [0.2, 0.25) is 0 Å². The highest BCUT2D eigenvalue weighted by Crippen LogP contribution is 2.39. The van der Waals surface area contributed by atoms with Gasteiger partial charge in [-0.05, 0) is 108 Å². The molecule has 3 aliphatic heterocycles. The minimum atomic E-state index is -2.52. The van der Waals surface area contributed by atoms with Gasteiger partial charge in [-0.2, -0.15) is 0 Å². The van der Waals surface area contributed by atoms with Crippen LogP contribution in [0, 0.1) is 29.6 Å². The van der Waals surface area contributed by atoms with Gasteiger partial charge in [0.05, 0.1) is 24.4 Å². The standard InChI is InChI=1S/C50H73NO13S/c1-10-35-23-29(2)22-30(3)24-42(59-8)45-43(60-9)26-32(5)50(57,64-45)46(54)47(55)51-21-15-14-18-37(51)48(56)63-44(33(6)38(52)28-39(35)53)31(4)25-34-19-20-40(41(27-34)58-7)62-49(65)61-36-16-12-11-13-17-36/h11-13,16-17,23,25,30,32-35,37-38,40-45,52,57H,10,14-15,18-22,24,26-28H2,1-9H3/b29-23+,31-25+/t30-,32+,33+,34-,35+,37-,38-,40+,41+,42-,43-,44+,45+,50+/m0/s1. The van der Waals surface area contributed by atoms with Crippen LogP contribution in [0.5, 0.6) is 5.75 Å². The first-order chi connectivity index (χ1) is 30.9. The molecule has 15 heteroatoms. The van der Waals surface area contributed by atoms with Gasteiger partial charge in [-0.25, -0.2) is 4.79 Å². The van der Waals surface area contributed by atoms with E-state index < -0.39 is 77.8 Å². The number of carbonyl (C=O) groups is 4. The number of rotatable bonds is 8. The number of nitrogens with zero attached hydrogens (tertiary/aromatic N) is 1. The van der Waals surface area contributed by atoms with E-state index in [1.54, 1.807) is 33.1 Å². The Labute approximate surface area is 390 Å². The molecule has 0 spiro atoms. The molecule has 1 aromatic rings. The molecule has 2 bridgehead atoms. The lowest BCUT2D eigenvalue weighted by Crippen LogP contribution is -2.64. The number of hydrogen-bond donors (Lipinski definition) is 2. The second kappa shape index (κ2) is 23.9. The number of piperidine rings is 1. The number of fused-ring (bicyclic) bond motifs is 3. The third-order valence-electron chi connectivity index (χ3n) is 14.1. The molecule has 65 heavy (non-hydrogen) atoms. The third-order valence-corrected chi connectivity index (χ3v) is 14.2. The summed E-state index contributed by atoms with van der Waals surface area (Å²) in [6, 6.07) is 7.99. The topological polar surface area (TPSA) is 177 Å². The number of benzene rings is 1. The molecule has 2 saturated heterocycles. The number of amides is 1. The van der Waals surface area contributed by atoms with Crippen LogP contribution in [0.25, 0.3) is 0 Å². The molecule has 0 radical (unpaired) electrons. The fourth-order valence-corrected chi connectivity index (χ4v) is 10.5. The summed E-state index contributed by atoms with van der Waals surface area (Å²) in [5, 5.41) is 23.9. The highest BCUT2D eigenvalue weighted by Gasteiger charge is 2.56. The van der Waals surface area contributed by atoms with Crippen molar-refractivity contribution in [3.05, 3.63) is 53.6 Å². The largest absolute Gasteiger partial charge is 0.456 e. The molecule has 14 nitrogen and oxygen atoms in total. The van der Waals surface area contributed by atoms with Gasteiger partial charge in [-0.3, -0.25) is 14.4 Å². The predicted octanol–water partition coefficient (Wildman–Crippen LogP) is 6.86. The summed E-state index contributed by atoms with van der Waals surface area (Å²) in [5.41, 5.74) is 1.65. The molecule has 2 N–H and O–H groups in total. The zero-order valence-corrected chi connectivity index (χ0v) is 40.6. The lowest BCUT2D eigenvalue weighted by molar-refractivity contribution is -0.302. The smallest absolute Gasteiger partial charge is 0.358 e. The zero-order valence-electron chi connectivity index (χ0n) is 39.8. The van der Waals surface area contributed by atoms with Crippen LogP contribution in [0.3, 0.4) is 0 Å². The maximum absolute atomic E-state index is 14.5. The molecule has 14 atom stereocenters. The SMILES string of the molecule is CC[C@@H]1/C=C(\C)C[C@H](C)C[C@H](OC)[C@H]2O[C@@](O)(C(=O)C(=O)N3CCCC[C@H]3C(=O)O[C@H](/C(C)=C/[C@@H]3CC[C@@H](OC(=S)Oc4ccccc4)[C@H](OC)C3)[C@H](C)[C@@H](O)CC1=O)[C@H](C)C[C@@H]2OC. The Morgan fingerprint density at radius 3 is 2.25 bits per heavy atom. The summed E-state index contributed by atoms with van der Waals surface area (Å²) in [6.45, 7) is 11.3. The first-order valence-corrected chi connectivity index (χ1v) is 23.9. The van der Waals surface area contributed by atoms with Crippen molar-refractivity contribution in [1.82, 2.24) is 4.90 Å². The average Bonchev–Trinajstić information content (AvgIpc) is 3.29. The van der Waals surface area contributed by atoms with Crippen LogP contribution in [0.1, 0.15) is 112 Å². The minimum absolute atomic E-state index is 0.00228. The number of para-hydroxylation sites is 1. The first kappa shape index (κ1) is 52.4. The molecule has 0 unspecified atom stereocenters. The molecular formula is C50H73NO13S. The van der Waals surface area contributed by atoms with E-state index in [1.165, 1.54) is 19.1 Å². The Hall–Kier alpha value is -3.57. The zero-order chi connectivity index (χ0) is 47.6. The number of aliphatic hydroxyl groups is 2. The lowest BCUT2D eigenvalue weighted by atomic mass is 9.81. The number of allylic oxidation sites excluding steroid dienone is 3. The molecular weight excluding hydrogens is 855 g/mol. The first-order valence-electron chi connectivity index (χ1n) is 23.5. The van der Waals surface area contributed by atoms with Gasteiger partial charge in [0.15, 0.2) is 0 Å². The van der Waals surface area contributed by atoms with Crippen LogP contribution < -0.4 is 4.74 Å². The summed E-state index contributed by atoms with van der Waals surface area (Å²) in [4.78, 5) is 58.3. The van der Waals surface area contributed by atoms with Crippen molar-refractivity contribution in [2.45, 2.75) is 167 Å². The minimum Gasteiger partial charge on any atom is -0.456 e. The van der Waals surface area contributed by atoms with Crippen molar-refractivity contribution < 1.29 is 62.5 Å². The number of Topliss-reactive ketones (excluding diaryl/α,β-unsaturated/α-hetero) is 2. The molecule has 1 aliphatic carbocycles. The lowest BCUT2D eigenvalue weighted by Gasteiger charge is -2.47. The van der Waals surface area contributed by atoms with Crippen molar-refractivity contribution in [2.75, 3.05) is 27.9 Å². The van der Waals surface area contributed by atoms with E-state index in [4.69, 9.17) is 45.4 Å². The van der Waals surface area contributed by atoms with Crippen molar-refractivity contribution in [3.8, 4) is 5.75 Å². The van der Waals surface area contributed by atoms with E-state index in [-0.39, 0.29) is 60.9 Å². The number of hydrogen-bond acceptors (Lipinski definition) is 14. The van der Waals surface area contributed by atoms with Crippen LogP contribution in [-0.4, -0.2) is 126 Å². The van der Waals surface area contributed by atoms with Gasteiger partial charge >= 0.3 is 11.2 Å².